The summed E-state index contributed by atoms with van der Waals surface area (Å²) in [5.41, 5.74) is 14.9. The van der Waals surface area contributed by atoms with Crippen LogP contribution in [0, 0.1) is 0 Å². The third-order valence-corrected chi connectivity index (χ3v) is 4.78. The first-order valence-electron chi connectivity index (χ1n) is 7.98. The molecule has 2 fully saturated rings. The van der Waals surface area contributed by atoms with Gasteiger partial charge in [0.2, 0.25) is 0 Å². The van der Waals surface area contributed by atoms with Crippen molar-refractivity contribution < 1.29 is 14.3 Å². The molecular formula is C14H20N6O3. The summed E-state index contributed by atoms with van der Waals surface area (Å²) in [4.78, 5) is 30.4. The molecule has 0 aromatic heterocycles. The lowest BCUT2D eigenvalue weighted by molar-refractivity contribution is -0.169. The zero-order valence-electron chi connectivity index (χ0n) is 13.0. The van der Waals surface area contributed by atoms with Crippen LogP contribution in [0.3, 0.4) is 0 Å². The summed E-state index contributed by atoms with van der Waals surface area (Å²) in [5, 5.41) is 7.26. The molecule has 23 heavy (non-hydrogen) atoms. The standard InChI is InChI=1S/C14H20N6O3/c15-19-17-13(7-3-1-4-8-13)11(21)23-12(22)14(18-20-16)9-5-2-6-10-14/h1-10H2. The highest BCUT2D eigenvalue weighted by molar-refractivity contribution is 5.95. The SMILES string of the molecule is [N-]=[N+]=NC1(C(=O)OC(=O)C2(N=[N+]=[N-])CCCCC2)CCCCC1. The average molecular weight is 320 g/mol. The number of esters is 2. The van der Waals surface area contributed by atoms with Gasteiger partial charge in [-0.05, 0) is 36.7 Å². The summed E-state index contributed by atoms with van der Waals surface area (Å²) in [5.74, 6) is -1.64. The highest BCUT2D eigenvalue weighted by atomic mass is 16.6. The molecule has 0 aromatic carbocycles. The van der Waals surface area contributed by atoms with Gasteiger partial charge in [0, 0.05) is 9.82 Å². The number of azide groups is 2. The quantitative estimate of drug-likeness (QED) is 0.253. The van der Waals surface area contributed by atoms with Gasteiger partial charge in [-0.15, -0.1) is 0 Å². The van der Waals surface area contributed by atoms with E-state index in [4.69, 9.17) is 15.8 Å². The van der Waals surface area contributed by atoms with Crippen molar-refractivity contribution in [1.29, 1.82) is 0 Å². The predicted octanol–water partition coefficient (Wildman–Crippen LogP) is 4.08. The number of ether oxygens (including phenoxy) is 1. The van der Waals surface area contributed by atoms with E-state index < -0.39 is 23.0 Å². The van der Waals surface area contributed by atoms with Gasteiger partial charge < -0.3 is 4.74 Å². The number of carbonyl (C=O) groups excluding carboxylic acids is 2. The maximum atomic E-state index is 12.5. The fraction of sp³-hybridized carbons (Fsp3) is 0.857. The molecule has 2 aliphatic carbocycles. The Bertz CT molecular complexity index is 515. The molecule has 9 heteroatoms. The van der Waals surface area contributed by atoms with Crippen LogP contribution in [0.2, 0.25) is 0 Å². The molecule has 0 aliphatic heterocycles. The summed E-state index contributed by atoms with van der Waals surface area (Å²) in [6.45, 7) is 0. The molecule has 0 spiro atoms. The molecule has 2 aliphatic rings. The molecule has 2 rings (SSSR count). The molecule has 124 valence electrons. The molecule has 9 nitrogen and oxygen atoms in total. The van der Waals surface area contributed by atoms with Crippen molar-refractivity contribution in [2.45, 2.75) is 75.3 Å². The fourth-order valence-electron chi connectivity index (χ4n) is 3.41. The number of hydrogen-bond donors (Lipinski definition) is 0. The molecule has 0 bridgehead atoms. The van der Waals surface area contributed by atoms with Crippen molar-refractivity contribution in [2.24, 2.45) is 10.2 Å². The lowest BCUT2D eigenvalue weighted by atomic mass is 9.81. The molecule has 0 aromatic rings. The molecule has 0 unspecified atom stereocenters. The van der Waals surface area contributed by atoms with Crippen LogP contribution in [0.25, 0.3) is 20.9 Å². The first-order chi connectivity index (χ1) is 11.1. The van der Waals surface area contributed by atoms with Crippen molar-refractivity contribution in [3.05, 3.63) is 20.9 Å². The predicted molar refractivity (Wildman–Crippen MR) is 81.0 cm³/mol. The topological polar surface area (TPSA) is 141 Å². The van der Waals surface area contributed by atoms with Crippen LogP contribution in [0.4, 0.5) is 0 Å². The zero-order chi connectivity index (χ0) is 16.8. The zero-order valence-corrected chi connectivity index (χ0v) is 13.0. The smallest absolute Gasteiger partial charge is 0.325 e. The number of carbonyl (C=O) groups is 2. The van der Waals surface area contributed by atoms with E-state index in [0.717, 1.165) is 38.5 Å². The minimum Gasteiger partial charge on any atom is -0.392 e. The molecule has 2 saturated carbocycles. The lowest BCUT2D eigenvalue weighted by Gasteiger charge is -2.33. The Morgan fingerprint density at radius 2 is 1.09 bits per heavy atom. The Kier molecular flexibility index (Phi) is 5.47. The van der Waals surface area contributed by atoms with E-state index in [9.17, 15) is 9.59 Å². The van der Waals surface area contributed by atoms with Crippen LogP contribution in [-0.2, 0) is 14.3 Å². The second kappa shape index (κ2) is 7.35. The van der Waals surface area contributed by atoms with Crippen molar-refractivity contribution in [3.63, 3.8) is 0 Å². The van der Waals surface area contributed by atoms with Gasteiger partial charge in [0.25, 0.3) is 0 Å². The van der Waals surface area contributed by atoms with Crippen LogP contribution < -0.4 is 0 Å². The second-order valence-corrected chi connectivity index (χ2v) is 6.24. The number of hydrogen-bond acceptors (Lipinski definition) is 5. The summed E-state index contributed by atoms with van der Waals surface area (Å²) in [6.07, 6.45) is 6.35. The van der Waals surface area contributed by atoms with E-state index in [0.29, 0.717) is 25.7 Å². The Morgan fingerprint density at radius 1 is 0.739 bits per heavy atom. The van der Waals surface area contributed by atoms with Crippen LogP contribution in [0.1, 0.15) is 64.2 Å². The van der Waals surface area contributed by atoms with E-state index >= 15 is 0 Å². The van der Waals surface area contributed by atoms with Gasteiger partial charge in [-0.3, -0.25) is 9.59 Å². The Balaban J connectivity index is 2.18. The minimum atomic E-state index is -1.31. The third kappa shape index (κ3) is 3.57. The van der Waals surface area contributed by atoms with E-state index in [-0.39, 0.29) is 0 Å². The monoisotopic (exact) mass is 320 g/mol. The Morgan fingerprint density at radius 3 is 1.39 bits per heavy atom. The first-order valence-corrected chi connectivity index (χ1v) is 7.98. The highest BCUT2D eigenvalue weighted by Gasteiger charge is 2.46. The lowest BCUT2D eigenvalue weighted by Crippen LogP contribution is -2.46. The maximum Gasteiger partial charge on any atom is 0.325 e. The fourth-order valence-corrected chi connectivity index (χ4v) is 3.41. The van der Waals surface area contributed by atoms with E-state index in [1.165, 1.54) is 0 Å². The average Bonchev–Trinajstić information content (AvgIpc) is 2.57. The Hall–Kier alpha value is -2.24. The van der Waals surface area contributed by atoms with Crippen molar-refractivity contribution in [2.75, 3.05) is 0 Å². The number of nitrogens with zero attached hydrogens (tertiary/aromatic N) is 6. The molecule has 0 N–H and O–H groups in total. The van der Waals surface area contributed by atoms with Crippen molar-refractivity contribution in [1.82, 2.24) is 0 Å². The van der Waals surface area contributed by atoms with Gasteiger partial charge in [-0.1, -0.05) is 48.8 Å². The second-order valence-electron chi connectivity index (χ2n) is 6.24. The van der Waals surface area contributed by atoms with Gasteiger partial charge in [0.1, 0.15) is 11.1 Å². The van der Waals surface area contributed by atoms with Gasteiger partial charge in [-0.2, -0.15) is 0 Å². The van der Waals surface area contributed by atoms with Gasteiger partial charge in [0.05, 0.1) is 0 Å². The van der Waals surface area contributed by atoms with Crippen molar-refractivity contribution >= 4 is 11.9 Å². The molecule has 0 radical (unpaired) electrons. The van der Waals surface area contributed by atoms with Crippen LogP contribution in [0.15, 0.2) is 10.2 Å². The van der Waals surface area contributed by atoms with E-state index in [1.807, 2.05) is 0 Å². The molecule has 0 heterocycles. The van der Waals surface area contributed by atoms with Gasteiger partial charge in [0.15, 0.2) is 0 Å². The summed E-state index contributed by atoms with van der Waals surface area (Å²) in [7, 11) is 0. The van der Waals surface area contributed by atoms with E-state index in [2.05, 4.69) is 20.1 Å². The largest absolute Gasteiger partial charge is 0.392 e. The van der Waals surface area contributed by atoms with Gasteiger partial charge >= 0.3 is 11.9 Å². The molecule has 0 atom stereocenters. The van der Waals surface area contributed by atoms with Crippen LogP contribution >= 0.6 is 0 Å². The molecule has 0 saturated heterocycles. The third-order valence-electron chi connectivity index (χ3n) is 4.78. The Labute approximate surface area is 133 Å². The van der Waals surface area contributed by atoms with Crippen molar-refractivity contribution in [3.8, 4) is 0 Å². The summed E-state index contributed by atoms with van der Waals surface area (Å²) in [6, 6.07) is 0. The number of rotatable bonds is 4. The molecular weight excluding hydrogens is 300 g/mol. The highest BCUT2D eigenvalue weighted by Crippen LogP contribution is 2.36. The first kappa shape index (κ1) is 17.1. The van der Waals surface area contributed by atoms with E-state index in [1.54, 1.807) is 0 Å². The summed E-state index contributed by atoms with van der Waals surface area (Å²) < 4.78 is 5.03. The maximum absolute atomic E-state index is 12.5. The minimum absolute atomic E-state index is 0.373. The van der Waals surface area contributed by atoms with Crippen LogP contribution in [-0.4, -0.2) is 23.0 Å². The summed E-state index contributed by atoms with van der Waals surface area (Å²) >= 11 is 0. The normalized spacial score (nSPS) is 22.1. The molecule has 0 amide bonds. The van der Waals surface area contributed by atoms with Crippen LogP contribution in [0.5, 0.6) is 0 Å². The van der Waals surface area contributed by atoms with Gasteiger partial charge in [-0.25, -0.2) is 0 Å².